The lowest BCUT2D eigenvalue weighted by molar-refractivity contribution is -0.384. The number of benzene rings is 1. The molecule has 0 fully saturated rings. The number of hydrogen-bond acceptors (Lipinski definition) is 4. The van der Waals surface area contributed by atoms with E-state index in [0.717, 1.165) is 18.2 Å². The highest BCUT2D eigenvalue weighted by atomic mass is 79.9. The molecule has 0 aliphatic rings. The lowest BCUT2D eigenvalue weighted by Gasteiger charge is -2.11. The normalized spacial score (nSPS) is 12.5. The maximum Gasteiger partial charge on any atom is 0.270 e. The van der Waals surface area contributed by atoms with Gasteiger partial charge < -0.3 is 0 Å². The molecule has 1 aromatic heterocycles. The number of nitro groups is 1. The smallest absolute Gasteiger partial charge is 0.270 e. The molecule has 112 valence electrons. The van der Waals surface area contributed by atoms with Crippen LogP contribution in [-0.2, 0) is 6.54 Å². The fraction of sp³-hybridized carbons (Fsp3) is 0.429. The average molecular weight is 354 g/mol. The van der Waals surface area contributed by atoms with Gasteiger partial charge in [-0.25, -0.2) is 4.98 Å². The van der Waals surface area contributed by atoms with E-state index >= 15 is 0 Å². The Morgan fingerprint density at radius 2 is 2.19 bits per heavy atom. The van der Waals surface area contributed by atoms with Gasteiger partial charge in [0.15, 0.2) is 0 Å². The Morgan fingerprint density at radius 3 is 2.86 bits per heavy atom. The molecule has 2 rings (SSSR count). The van der Waals surface area contributed by atoms with E-state index in [1.807, 2.05) is 0 Å². The molecule has 7 heteroatoms. The van der Waals surface area contributed by atoms with Crippen LogP contribution in [0, 0.1) is 16.0 Å². The van der Waals surface area contributed by atoms with Crippen LogP contribution in [-0.4, -0.2) is 19.8 Å². The van der Waals surface area contributed by atoms with Gasteiger partial charge in [0.25, 0.3) is 11.2 Å². The van der Waals surface area contributed by atoms with Crippen molar-refractivity contribution in [3.05, 3.63) is 45.0 Å². The van der Waals surface area contributed by atoms with E-state index in [1.165, 1.54) is 29.1 Å². The average Bonchev–Trinajstić information content (AvgIpc) is 2.46. The molecule has 0 aliphatic heterocycles. The zero-order valence-corrected chi connectivity index (χ0v) is 13.2. The molecular formula is C14H16BrN3O3. The van der Waals surface area contributed by atoms with Crippen molar-refractivity contribution >= 4 is 32.5 Å². The predicted octanol–water partition coefficient (Wildman–Crippen LogP) is 3.12. The minimum absolute atomic E-state index is 0.0909. The number of hydrogen-bond donors (Lipinski definition) is 0. The van der Waals surface area contributed by atoms with E-state index in [2.05, 4.69) is 27.8 Å². The molecule has 0 spiro atoms. The number of nitrogens with zero attached hydrogens (tertiary/aromatic N) is 3. The molecule has 0 N–H and O–H groups in total. The number of alkyl halides is 1. The molecular weight excluding hydrogens is 338 g/mol. The van der Waals surface area contributed by atoms with Gasteiger partial charge in [0.05, 0.1) is 22.2 Å². The topological polar surface area (TPSA) is 78.0 Å². The van der Waals surface area contributed by atoms with Crippen molar-refractivity contribution in [2.24, 2.45) is 5.92 Å². The number of halogens is 1. The monoisotopic (exact) mass is 353 g/mol. The van der Waals surface area contributed by atoms with Crippen LogP contribution < -0.4 is 5.56 Å². The summed E-state index contributed by atoms with van der Waals surface area (Å²) >= 11 is 3.40. The van der Waals surface area contributed by atoms with Crippen LogP contribution in [0.25, 0.3) is 10.9 Å². The van der Waals surface area contributed by atoms with Gasteiger partial charge in [0.2, 0.25) is 0 Å². The Hall–Kier alpha value is -1.76. The third kappa shape index (κ3) is 3.66. The molecule has 0 radical (unpaired) electrons. The molecule has 1 aromatic carbocycles. The first-order valence-corrected chi connectivity index (χ1v) is 7.84. The fourth-order valence-corrected chi connectivity index (χ4v) is 2.89. The second-order valence-electron chi connectivity index (χ2n) is 5.07. The molecule has 6 nitrogen and oxygen atoms in total. The maximum absolute atomic E-state index is 12.4. The summed E-state index contributed by atoms with van der Waals surface area (Å²) < 4.78 is 1.52. The lowest BCUT2D eigenvalue weighted by Crippen LogP contribution is -2.21. The second-order valence-corrected chi connectivity index (χ2v) is 5.87. The summed E-state index contributed by atoms with van der Waals surface area (Å²) in [6.07, 6.45) is 3.42. The summed E-state index contributed by atoms with van der Waals surface area (Å²) in [6.45, 7) is 2.70. The number of aryl methyl sites for hydroxylation is 1. The number of non-ortho nitro benzene ring substituents is 1. The molecule has 21 heavy (non-hydrogen) atoms. The van der Waals surface area contributed by atoms with E-state index in [1.54, 1.807) is 0 Å². The van der Waals surface area contributed by atoms with Crippen molar-refractivity contribution in [2.45, 2.75) is 26.3 Å². The zero-order valence-electron chi connectivity index (χ0n) is 11.7. The van der Waals surface area contributed by atoms with Gasteiger partial charge in [-0.15, -0.1) is 0 Å². The Morgan fingerprint density at radius 1 is 1.43 bits per heavy atom. The molecule has 0 saturated heterocycles. The number of aromatic nitrogens is 2. The van der Waals surface area contributed by atoms with Crippen molar-refractivity contribution in [1.82, 2.24) is 9.55 Å². The summed E-state index contributed by atoms with van der Waals surface area (Å²) in [5.41, 5.74) is 0.164. The molecule has 0 amide bonds. The van der Waals surface area contributed by atoms with E-state index in [4.69, 9.17) is 0 Å². The van der Waals surface area contributed by atoms with Crippen molar-refractivity contribution < 1.29 is 4.92 Å². The molecule has 1 heterocycles. The minimum Gasteiger partial charge on any atom is -0.299 e. The van der Waals surface area contributed by atoms with Crippen LogP contribution in [0.1, 0.15) is 19.8 Å². The lowest BCUT2D eigenvalue weighted by atomic mass is 10.1. The van der Waals surface area contributed by atoms with E-state index in [9.17, 15) is 14.9 Å². The first kappa shape index (κ1) is 15.6. The van der Waals surface area contributed by atoms with Crippen LogP contribution in [0.5, 0.6) is 0 Å². The van der Waals surface area contributed by atoms with Crippen molar-refractivity contribution in [3.63, 3.8) is 0 Å². The van der Waals surface area contributed by atoms with Crippen LogP contribution >= 0.6 is 15.9 Å². The largest absolute Gasteiger partial charge is 0.299 e. The van der Waals surface area contributed by atoms with Crippen molar-refractivity contribution in [1.29, 1.82) is 0 Å². The Bertz CT molecular complexity index is 714. The summed E-state index contributed by atoms with van der Waals surface area (Å²) in [7, 11) is 0. The standard InChI is InChI=1S/C14H16BrN3O3/c1-10(4-6-15)5-7-17-9-16-13-3-2-11(18(20)21)8-12(13)14(17)19/h2-3,8-10H,4-7H2,1H3. The second kappa shape index (κ2) is 6.80. The van der Waals surface area contributed by atoms with Crippen molar-refractivity contribution in [2.75, 3.05) is 5.33 Å². The summed E-state index contributed by atoms with van der Waals surface area (Å²) in [6, 6.07) is 4.16. The van der Waals surface area contributed by atoms with Gasteiger partial charge in [0, 0.05) is 24.0 Å². The Kier molecular flexibility index (Phi) is 5.06. The SMILES string of the molecule is CC(CCBr)CCn1cnc2ccc([N+](=O)[O-])cc2c1=O. The molecule has 1 unspecified atom stereocenters. The highest BCUT2D eigenvalue weighted by Crippen LogP contribution is 2.16. The van der Waals surface area contributed by atoms with E-state index < -0.39 is 4.92 Å². The number of rotatable bonds is 6. The third-order valence-electron chi connectivity index (χ3n) is 3.48. The number of nitro benzene ring substituents is 1. The van der Waals surface area contributed by atoms with Crippen molar-refractivity contribution in [3.8, 4) is 0 Å². The predicted molar refractivity (Wildman–Crippen MR) is 84.8 cm³/mol. The molecule has 0 aliphatic carbocycles. The zero-order chi connectivity index (χ0) is 15.4. The summed E-state index contributed by atoms with van der Waals surface area (Å²) in [5, 5.41) is 12.0. The van der Waals surface area contributed by atoms with Crippen LogP contribution in [0.15, 0.2) is 29.3 Å². The third-order valence-corrected chi connectivity index (χ3v) is 3.94. The van der Waals surface area contributed by atoms with Crippen LogP contribution in [0.2, 0.25) is 0 Å². The molecule has 0 bridgehead atoms. The van der Waals surface area contributed by atoms with Gasteiger partial charge in [-0.3, -0.25) is 19.5 Å². The van der Waals surface area contributed by atoms with Crippen LogP contribution in [0.4, 0.5) is 5.69 Å². The highest BCUT2D eigenvalue weighted by molar-refractivity contribution is 9.09. The highest BCUT2D eigenvalue weighted by Gasteiger charge is 2.11. The quantitative estimate of drug-likeness (QED) is 0.454. The first-order valence-electron chi connectivity index (χ1n) is 6.72. The van der Waals surface area contributed by atoms with Gasteiger partial charge in [-0.05, 0) is 24.8 Å². The van der Waals surface area contributed by atoms with E-state index in [0.29, 0.717) is 23.4 Å². The van der Waals surface area contributed by atoms with E-state index in [-0.39, 0.29) is 11.2 Å². The number of fused-ring (bicyclic) bond motifs is 1. The Labute approximate surface area is 130 Å². The van der Waals surface area contributed by atoms with Gasteiger partial charge in [-0.1, -0.05) is 22.9 Å². The fourth-order valence-electron chi connectivity index (χ4n) is 2.11. The summed E-state index contributed by atoms with van der Waals surface area (Å²) in [4.78, 5) is 26.9. The van der Waals surface area contributed by atoms with Gasteiger partial charge >= 0.3 is 0 Å². The van der Waals surface area contributed by atoms with Crippen LogP contribution in [0.3, 0.4) is 0 Å². The van der Waals surface area contributed by atoms with Gasteiger partial charge in [0.1, 0.15) is 0 Å². The minimum atomic E-state index is -0.506. The maximum atomic E-state index is 12.4. The van der Waals surface area contributed by atoms with Gasteiger partial charge in [-0.2, -0.15) is 0 Å². The first-order chi connectivity index (χ1) is 10.0. The molecule has 2 aromatic rings. The Balaban J connectivity index is 2.31. The summed E-state index contributed by atoms with van der Waals surface area (Å²) in [5.74, 6) is 0.497. The molecule has 1 atom stereocenters. The molecule has 0 saturated carbocycles.